The predicted octanol–water partition coefficient (Wildman–Crippen LogP) is 14.2. The van der Waals surface area contributed by atoms with Gasteiger partial charge in [-0.2, -0.15) is 0 Å². The van der Waals surface area contributed by atoms with E-state index in [1.807, 2.05) is 16.6 Å². The smallest absolute Gasteiger partial charge is 0.182 e. The first-order valence-electron chi connectivity index (χ1n) is 18.7. The molecule has 258 valence electrons. The van der Waals surface area contributed by atoms with E-state index in [9.17, 15) is 0 Å². The average Bonchev–Trinajstić information content (AvgIpc) is 3.82. The van der Waals surface area contributed by atoms with Crippen molar-refractivity contribution in [1.82, 2.24) is 14.6 Å². The summed E-state index contributed by atoms with van der Waals surface area (Å²) in [5, 5.41) is 15.8. The molecule has 55 heavy (non-hydrogen) atoms. The van der Waals surface area contributed by atoms with Crippen LogP contribution in [0.1, 0.15) is 0 Å². The fourth-order valence-corrected chi connectivity index (χ4v) is 10.9. The zero-order valence-electron chi connectivity index (χ0n) is 30.2. The summed E-state index contributed by atoms with van der Waals surface area (Å²) >= 11 is 0. The molecule has 0 saturated carbocycles. The minimum atomic E-state index is -0.480. The van der Waals surface area contributed by atoms with Gasteiger partial charge < -0.3 is 0 Å². The number of nitrogens with zero attached hydrogens (tertiary/aromatic N) is 3. The van der Waals surface area contributed by atoms with Crippen molar-refractivity contribution in [3.63, 3.8) is 0 Å². The van der Waals surface area contributed by atoms with E-state index in [2.05, 4.69) is 183 Å². The van der Waals surface area contributed by atoms with Gasteiger partial charge in [0.15, 0.2) is 11.5 Å². The third-order valence-corrected chi connectivity index (χ3v) is 13.5. The fraction of sp³-hybridized carbons (Fsp3) is 0.0196. The van der Waals surface area contributed by atoms with Crippen LogP contribution in [0.5, 0.6) is 0 Å². The molecule has 4 heteroatoms. The highest BCUT2D eigenvalue weighted by atomic mass is 31.1. The topological polar surface area (TPSA) is 30.2 Å². The molecule has 0 N–H and O–H groups in total. The fourth-order valence-electron chi connectivity index (χ4n) is 8.68. The molecule has 0 saturated heterocycles. The van der Waals surface area contributed by atoms with Gasteiger partial charge in [-0.05, 0) is 78.4 Å². The summed E-state index contributed by atoms with van der Waals surface area (Å²) in [5.41, 5.74) is 11.3. The van der Waals surface area contributed by atoms with Gasteiger partial charge in [-0.3, -0.25) is 0 Å². The van der Waals surface area contributed by atoms with Gasteiger partial charge in [0.2, 0.25) is 0 Å². The summed E-state index contributed by atoms with van der Waals surface area (Å²) in [7, 11) is -0.480. The molecule has 3 aromatic heterocycles. The van der Waals surface area contributed by atoms with E-state index < -0.39 is 7.53 Å². The van der Waals surface area contributed by atoms with Crippen LogP contribution in [0.4, 0.5) is 0 Å². The average molecular weight is 720 g/mol. The number of aromatic nitrogens is 3. The van der Waals surface area contributed by atoms with Crippen LogP contribution in [0.2, 0.25) is 0 Å². The first-order chi connectivity index (χ1) is 27.2. The molecule has 11 rings (SSSR count). The van der Waals surface area contributed by atoms with Crippen molar-refractivity contribution in [3.8, 4) is 55.9 Å². The molecule has 0 spiro atoms. The number of hydrogen-bond donors (Lipinski definition) is 0. The molecule has 11 aromatic rings. The van der Waals surface area contributed by atoms with Crippen molar-refractivity contribution in [2.75, 3.05) is 0 Å². The number of pyridine rings is 1. The number of hydrogen-bond acceptors (Lipinski definition) is 2. The molecule has 0 aliphatic rings. The second-order valence-corrected chi connectivity index (χ2v) is 16.3. The van der Waals surface area contributed by atoms with E-state index in [1.54, 1.807) is 0 Å². The highest BCUT2D eigenvalue weighted by Crippen LogP contribution is 2.53. The molecule has 0 aliphatic carbocycles. The van der Waals surface area contributed by atoms with Gasteiger partial charge in [0, 0.05) is 33.1 Å². The Morgan fingerprint density at radius 2 is 0.964 bits per heavy atom. The Morgan fingerprint density at radius 1 is 0.418 bits per heavy atom. The molecular formula is C51H34N3P. The molecule has 8 aromatic carbocycles. The predicted molar refractivity (Wildman–Crippen MR) is 234 cm³/mol. The van der Waals surface area contributed by atoms with E-state index in [0.717, 1.165) is 33.5 Å². The summed E-state index contributed by atoms with van der Waals surface area (Å²) in [6.45, 7) is 2.42. The Bertz CT molecular complexity index is 3190. The van der Waals surface area contributed by atoms with Crippen molar-refractivity contribution >= 4 is 55.7 Å². The van der Waals surface area contributed by atoms with Gasteiger partial charge in [0.05, 0.1) is 0 Å². The van der Waals surface area contributed by atoms with Crippen LogP contribution in [-0.4, -0.2) is 14.6 Å². The second kappa shape index (κ2) is 12.7. The Labute approximate surface area is 319 Å². The van der Waals surface area contributed by atoms with Gasteiger partial charge in [0.25, 0.3) is 0 Å². The van der Waals surface area contributed by atoms with Gasteiger partial charge in [-0.15, -0.1) is 12.6 Å². The van der Waals surface area contributed by atoms with E-state index in [0.29, 0.717) is 5.82 Å². The summed E-state index contributed by atoms with van der Waals surface area (Å²) in [6, 6.07) is 65.8. The van der Waals surface area contributed by atoms with Crippen LogP contribution in [0.25, 0.3) is 104 Å². The van der Waals surface area contributed by atoms with Crippen LogP contribution < -0.4 is 0 Å². The second-order valence-electron chi connectivity index (χ2n) is 14.3. The maximum atomic E-state index is 5.14. The van der Waals surface area contributed by atoms with E-state index >= 15 is 0 Å². The van der Waals surface area contributed by atoms with Gasteiger partial charge in [-0.1, -0.05) is 176 Å². The minimum Gasteiger partial charge on any atom is -0.219 e. The quantitative estimate of drug-likeness (QED) is 0.166. The zero-order chi connectivity index (χ0) is 36.5. The summed E-state index contributed by atoms with van der Waals surface area (Å²) in [4.78, 5) is 5.14. The largest absolute Gasteiger partial charge is 0.219 e. The Balaban J connectivity index is 1.08. The molecule has 3 heterocycles. The molecule has 0 radical (unpaired) electrons. The first kappa shape index (κ1) is 31.7. The van der Waals surface area contributed by atoms with Gasteiger partial charge >= 0.3 is 0 Å². The lowest BCUT2D eigenvalue weighted by atomic mass is 9.85. The highest BCUT2D eigenvalue weighted by Gasteiger charge is 2.21. The van der Waals surface area contributed by atoms with Gasteiger partial charge in [-0.25, -0.2) is 9.50 Å². The zero-order valence-corrected chi connectivity index (χ0v) is 31.1. The van der Waals surface area contributed by atoms with Crippen LogP contribution in [-0.2, 0) is 6.66 Å². The van der Waals surface area contributed by atoms with Crippen LogP contribution in [0, 0.1) is 0 Å². The maximum Gasteiger partial charge on any atom is 0.182 e. The van der Waals surface area contributed by atoms with Crippen molar-refractivity contribution in [1.29, 1.82) is 0 Å². The number of rotatable bonds is 5. The summed E-state index contributed by atoms with van der Waals surface area (Å²) < 4.78 is 1.94. The maximum absolute atomic E-state index is 5.14. The summed E-state index contributed by atoms with van der Waals surface area (Å²) in [6.07, 6.45) is 2.09. The molecule has 0 aliphatic heterocycles. The third-order valence-electron chi connectivity index (χ3n) is 11.2. The molecule has 0 bridgehead atoms. The normalized spacial score (nSPS) is 12.1. The lowest BCUT2D eigenvalue weighted by Gasteiger charge is -2.18. The highest BCUT2D eigenvalue weighted by molar-refractivity contribution is 7.60. The molecular weight excluding hydrogens is 686 g/mol. The molecule has 1 atom stereocenters. The SMILES string of the molecule is Cp1c2ccccc2c2cccc(-c3c4ccccc4c(-c4ccc(-c5nc6c(-c7ccccc7)cc(-c7ccccc7)cn6n5)cc4)c4ccccc34)c21. The monoisotopic (exact) mass is 719 g/mol. The van der Waals surface area contributed by atoms with Gasteiger partial charge in [0.1, 0.15) is 0 Å². The van der Waals surface area contributed by atoms with Crippen molar-refractivity contribution in [3.05, 3.63) is 188 Å². The lowest BCUT2D eigenvalue weighted by molar-refractivity contribution is 0.968. The summed E-state index contributed by atoms with van der Waals surface area (Å²) in [5.74, 6) is 0.703. The van der Waals surface area contributed by atoms with Crippen molar-refractivity contribution in [2.45, 2.75) is 0 Å². The van der Waals surface area contributed by atoms with E-state index in [-0.39, 0.29) is 0 Å². The number of aryl methyl sites for hydroxylation is 1. The third kappa shape index (κ3) is 5.05. The van der Waals surface area contributed by atoms with E-state index in [1.165, 1.54) is 64.8 Å². The minimum absolute atomic E-state index is 0.480. The Morgan fingerprint density at radius 3 is 1.64 bits per heavy atom. The van der Waals surface area contributed by atoms with E-state index in [4.69, 9.17) is 10.1 Å². The van der Waals surface area contributed by atoms with Crippen molar-refractivity contribution in [2.24, 2.45) is 6.66 Å². The number of benzene rings is 8. The molecule has 1 unspecified atom stereocenters. The molecule has 3 nitrogen and oxygen atoms in total. The number of fused-ring (bicyclic) bond motifs is 6. The van der Waals surface area contributed by atoms with Crippen LogP contribution in [0.15, 0.2) is 188 Å². The van der Waals surface area contributed by atoms with Crippen LogP contribution >= 0.6 is 7.53 Å². The molecule has 0 amide bonds. The van der Waals surface area contributed by atoms with Crippen LogP contribution in [0.3, 0.4) is 0 Å². The lowest BCUT2D eigenvalue weighted by Crippen LogP contribution is -1.93. The standard InChI is InChI=1S/C51H34N3P/c1-55-46-26-13-12-19-38(46)43-24-14-25-44(49(43)55)48-41-22-10-8-20-39(41)47(40-21-9-11-23-42(40)48)35-27-29-36(30-28-35)50-52-51-45(34-17-6-3-7-18-34)31-37(32-54(51)53-50)33-15-4-2-5-16-33/h2-32H,1H3. The van der Waals surface area contributed by atoms with Crippen molar-refractivity contribution < 1.29 is 0 Å². The first-order valence-corrected chi connectivity index (χ1v) is 20.5. The Kier molecular flexibility index (Phi) is 7.30. The Hall–Kier alpha value is -6.80. The molecule has 0 fully saturated rings.